The molecule has 1 saturated heterocycles. The van der Waals surface area contributed by atoms with Gasteiger partial charge in [-0.1, -0.05) is 0 Å². The van der Waals surface area contributed by atoms with E-state index in [9.17, 15) is 26.7 Å². The molecule has 13 heteroatoms. The van der Waals surface area contributed by atoms with Crippen molar-refractivity contribution in [1.82, 2.24) is 24.8 Å². The Kier molecular flexibility index (Phi) is 7.72. The van der Waals surface area contributed by atoms with Crippen molar-refractivity contribution in [3.63, 3.8) is 0 Å². The number of fused-ring (bicyclic) bond motifs is 1. The molecule has 2 aliphatic rings. The zero-order chi connectivity index (χ0) is 27.0. The molecule has 2 aliphatic heterocycles. The number of carbonyl (C=O) groups excluding carboxylic acids is 1. The average molecular weight is 530 g/mol. The van der Waals surface area contributed by atoms with Gasteiger partial charge in [0.25, 0.3) is 0 Å². The van der Waals surface area contributed by atoms with Gasteiger partial charge in [-0.3, -0.25) is 4.79 Å². The molecule has 2 aromatic rings. The lowest BCUT2D eigenvalue weighted by Gasteiger charge is -2.36. The number of hydrogen-bond acceptors (Lipinski definition) is 6. The van der Waals surface area contributed by atoms with E-state index in [-0.39, 0.29) is 35.0 Å². The Labute approximate surface area is 212 Å². The Morgan fingerprint density at radius 1 is 1.16 bits per heavy atom. The summed E-state index contributed by atoms with van der Waals surface area (Å²) in [4.78, 5) is 26.4. The van der Waals surface area contributed by atoms with Crippen molar-refractivity contribution < 1.29 is 26.7 Å². The predicted molar refractivity (Wildman–Crippen MR) is 128 cm³/mol. The third kappa shape index (κ3) is 6.74. The maximum Gasteiger partial charge on any atom is 0.394 e. The van der Waals surface area contributed by atoms with Crippen LogP contribution in [0.25, 0.3) is 0 Å². The number of amides is 1. The van der Waals surface area contributed by atoms with E-state index in [1.165, 1.54) is 12.5 Å². The van der Waals surface area contributed by atoms with Crippen molar-refractivity contribution in [3.05, 3.63) is 29.6 Å². The highest BCUT2D eigenvalue weighted by molar-refractivity contribution is 5.94. The largest absolute Gasteiger partial charge is 0.394 e. The summed E-state index contributed by atoms with van der Waals surface area (Å²) in [5, 5.41) is 5.90. The molecule has 4 heterocycles. The molecule has 0 unspecified atom stereocenters. The van der Waals surface area contributed by atoms with Crippen molar-refractivity contribution in [3.8, 4) is 0 Å². The van der Waals surface area contributed by atoms with Gasteiger partial charge in [0.2, 0.25) is 12.3 Å². The Morgan fingerprint density at radius 3 is 2.49 bits per heavy atom. The van der Waals surface area contributed by atoms with E-state index >= 15 is 0 Å². The summed E-state index contributed by atoms with van der Waals surface area (Å²) < 4.78 is 68.6. The van der Waals surface area contributed by atoms with Crippen LogP contribution in [0.4, 0.5) is 33.6 Å². The third-order valence-electron chi connectivity index (χ3n) is 6.61. The van der Waals surface area contributed by atoms with Crippen LogP contribution in [-0.4, -0.2) is 63.2 Å². The van der Waals surface area contributed by atoms with Crippen molar-refractivity contribution in [2.24, 2.45) is 0 Å². The average Bonchev–Trinajstić information content (AvgIpc) is 3.17. The molecule has 0 bridgehead atoms. The highest BCUT2D eigenvalue weighted by Gasteiger charge is 2.38. The first kappa shape index (κ1) is 27.2. The summed E-state index contributed by atoms with van der Waals surface area (Å²) in [7, 11) is 0. The molecule has 37 heavy (non-hydrogen) atoms. The number of halogens is 5. The molecule has 0 radical (unpaired) electrons. The Balaban J connectivity index is 1.52. The Morgan fingerprint density at radius 2 is 1.86 bits per heavy atom. The molecule has 1 atom stereocenters. The van der Waals surface area contributed by atoms with E-state index in [2.05, 4.69) is 25.6 Å². The molecule has 1 fully saturated rings. The van der Waals surface area contributed by atoms with Crippen LogP contribution < -0.4 is 15.5 Å². The van der Waals surface area contributed by atoms with Gasteiger partial charge < -0.3 is 20.1 Å². The van der Waals surface area contributed by atoms with Crippen LogP contribution in [0.3, 0.4) is 0 Å². The van der Waals surface area contributed by atoms with Gasteiger partial charge in [-0.25, -0.2) is 23.7 Å². The van der Waals surface area contributed by atoms with Gasteiger partial charge in [-0.2, -0.15) is 13.2 Å². The molecule has 204 valence electrons. The van der Waals surface area contributed by atoms with Crippen LogP contribution in [0.5, 0.6) is 0 Å². The highest BCUT2D eigenvalue weighted by atomic mass is 19.4. The quantitative estimate of drug-likeness (QED) is 0.522. The standard InChI is InChI=1S/C24H32F5N7O/c1-23(2,3)32-6-9-36-12-15(11-24(27,28)29)33-21(36)14-4-7-35(8-5-14)22-18-16(19(25)26)10-17(37)34-20(18)30-13-31-22/h12-14,16,19,32H,4-11H2,1-3H3,(H,30,31,34,37)/t16-/m1/s1. The SMILES string of the molecule is CC(C)(C)NCCn1cc(CC(F)(F)F)nc1C1CCN(c2ncnc3c2[C@H](C(F)F)CC(=O)N3)CC1. The molecule has 0 aliphatic carbocycles. The normalized spacial score (nSPS) is 19.3. The van der Waals surface area contributed by atoms with E-state index < -0.39 is 30.8 Å². The molecule has 2 aromatic heterocycles. The lowest BCUT2D eigenvalue weighted by molar-refractivity contribution is -0.127. The van der Waals surface area contributed by atoms with Crippen molar-refractivity contribution >= 4 is 17.5 Å². The van der Waals surface area contributed by atoms with Crippen LogP contribution in [-0.2, 0) is 17.8 Å². The third-order valence-corrected chi connectivity index (χ3v) is 6.61. The smallest absolute Gasteiger partial charge is 0.356 e. The van der Waals surface area contributed by atoms with Gasteiger partial charge >= 0.3 is 6.18 Å². The monoisotopic (exact) mass is 529 g/mol. The van der Waals surface area contributed by atoms with Gasteiger partial charge in [0.05, 0.1) is 18.0 Å². The molecular formula is C24H32F5N7O. The first-order chi connectivity index (χ1) is 17.3. The lowest BCUT2D eigenvalue weighted by Crippen LogP contribution is -2.38. The van der Waals surface area contributed by atoms with Crippen molar-refractivity contribution in [2.45, 2.75) is 83.0 Å². The first-order valence-electron chi connectivity index (χ1n) is 12.4. The summed E-state index contributed by atoms with van der Waals surface area (Å²) in [5.41, 5.74) is 0.0893. The van der Waals surface area contributed by atoms with Gasteiger partial charge in [-0.05, 0) is 33.6 Å². The summed E-state index contributed by atoms with van der Waals surface area (Å²) in [5.74, 6) is -0.815. The molecule has 0 saturated carbocycles. The molecule has 2 N–H and O–H groups in total. The number of nitrogens with zero attached hydrogens (tertiary/aromatic N) is 5. The van der Waals surface area contributed by atoms with Gasteiger partial charge in [0.1, 0.15) is 23.8 Å². The maximum atomic E-state index is 13.8. The zero-order valence-corrected chi connectivity index (χ0v) is 21.1. The minimum absolute atomic E-state index is 0.0129. The van der Waals surface area contributed by atoms with Crippen LogP contribution in [0.15, 0.2) is 12.5 Å². The van der Waals surface area contributed by atoms with Crippen molar-refractivity contribution in [2.75, 3.05) is 29.9 Å². The fraction of sp³-hybridized carbons (Fsp3) is 0.667. The summed E-state index contributed by atoms with van der Waals surface area (Å²) in [6, 6.07) is 0. The fourth-order valence-corrected chi connectivity index (χ4v) is 4.96. The number of imidazole rings is 1. The second kappa shape index (κ2) is 10.5. The lowest BCUT2D eigenvalue weighted by atomic mass is 9.91. The summed E-state index contributed by atoms with van der Waals surface area (Å²) in [6.45, 7) is 8.02. The highest BCUT2D eigenvalue weighted by Crippen LogP contribution is 2.41. The summed E-state index contributed by atoms with van der Waals surface area (Å²) in [6.07, 6.45) is -4.67. The zero-order valence-electron chi connectivity index (χ0n) is 21.1. The number of aromatic nitrogens is 4. The molecule has 1 amide bonds. The molecule has 0 spiro atoms. The number of nitrogens with one attached hydrogen (secondary N) is 2. The number of hydrogen-bond donors (Lipinski definition) is 2. The van der Waals surface area contributed by atoms with Crippen LogP contribution in [0, 0.1) is 0 Å². The number of anilines is 2. The first-order valence-corrected chi connectivity index (χ1v) is 12.4. The molecule has 4 rings (SSSR count). The minimum atomic E-state index is -4.35. The second-order valence-corrected chi connectivity index (χ2v) is 10.7. The van der Waals surface area contributed by atoms with Crippen molar-refractivity contribution in [1.29, 1.82) is 0 Å². The van der Waals surface area contributed by atoms with E-state index in [1.54, 1.807) is 4.57 Å². The van der Waals surface area contributed by atoms with Crippen LogP contribution in [0.2, 0.25) is 0 Å². The Hall–Kier alpha value is -2.83. The predicted octanol–water partition coefficient (Wildman–Crippen LogP) is 4.24. The van der Waals surface area contributed by atoms with E-state index in [4.69, 9.17) is 0 Å². The van der Waals surface area contributed by atoms with Crippen LogP contribution >= 0.6 is 0 Å². The topological polar surface area (TPSA) is 88.0 Å². The van der Waals surface area contributed by atoms with E-state index in [0.29, 0.717) is 50.7 Å². The maximum absolute atomic E-state index is 13.8. The van der Waals surface area contributed by atoms with Gasteiger partial charge in [-0.15, -0.1) is 0 Å². The summed E-state index contributed by atoms with van der Waals surface area (Å²) >= 11 is 0. The molecule has 0 aromatic carbocycles. The van der Waals surface area contributed by atoms with Gasteiger partial charge in [0, 0.05) is 55.8 Å². The van der Waals surface area contributed by atoms with E-state index in [0.717, 1.165) is 0 Å². The van der Waals surface area contributed by atoms with Crippen LogP contribution in [0.1, 0.15) is 69.0 Å². The number of carbonyl (C=O) groups is 1. The fourth-order valence-electron chi connectivity index (χ4n) is 4.96. The number of alkyl halides is 5. The molecule has 8 nitrogen and oxygen atoms in total. The van der Waals surface area contributed by atoms with E-state index in [1.807, 2.05) is 25.7 Å². The van der Waals surface area contributed by atoms with Gasteiger partial charge in [0.15, 0.2) is 0 Å². The number of piperidine rings is 1. The molecular weight excluding hydrogens is 497 g/mol. The Bertz CT molecular complexity index is 1100. The minimum Gasteiger partial charge on any atom is -0.356 e. The number of rotatable bonds is 7. The second-order valence-electron chi connectivity index (χ2n) is 10.7.